The van der Waals surface area contributed by atoms with E-state index in [1.165, 1.54) is 12.1 Å². The molecule has 0 aliphatic rings. The van der Waals surface area contributed by atoms with Gasteiger partial charge in [-0.3, -0.25) is 0 Å². The van der Waals surface area contributed by atoms with Crippen LogP contribution in [-0.4, -0.2) is 0 Å². The van der Waals surface area contributed by atoms with Crippen molar-refractivity contribution in [3.63, 3.8) is 0 Å². The van der Waals surface area contributed by atoms with Crippen LogP contribution in [0, 0.1) is 17.6 Å². The van der Waals surface area contributed by atoms with Crippen LogP contribution in [0.25, 0.3) is 0 Å². The summed E-state index contributed by atoms with van der Waals surface area (Å²) >= 11 is 0. The molecule has 1 atom stereocenters. The van der Waals surface area contributed by atoms with Crippen LogP contribution in [0.3, 0.4) is 0 Å². The predicted molar refractivity (Wildman–Crippen MR) is 53.9 cm³/mol. The van der Waals surface area contributed by atoms with Gasteiger partial charge in [-0.1, -0.05) is 20.3 Å². The Hall–Kier alpha value is -1.12. The highest BCUT2D eigenvalue weighted by Gasteiger charge is 2.12. The smallest absolute Gasteiger partial charge is 0.131 e. The third kappa shape index (κ3) is 2.44. The van der Waals surface area contributed by atoms with E-state index in [1.54, 1.807) is 0 Å². The molecule has 0 amide bonds. The third-order valence-electron chi connectivity index (χ3n) is 2.41. The van der Waals surface area contributed by atoms with Gasteiger partial charge in [-0.05, 0) is 24.5 Å². The van der Waals surface area contributed by atoms with Gasteiger partial charge in [-0.15, -0.1) is 0 Å². The molecular weight excluding hydrogens is 184 g/mol. The normalized spacial score (nSPS) is 12.9. The van der Waals surface area contributed by atoms with Crippen molar-refractivity contribution in [2.75, 3.05) is 5.73 Å². The molecule has 1 aromatic carbocycles. The van der Waals surface area contributed by atoms with Crippen LogP contribution in [0.2, 0.25) is 0 Å². The van der Waals surface area contributed by atoms with Crippen LogP contribution in [0.5, 0.6) is 0 Å². The Morgan fingerprint density at radius 1 is 1.29 bits per heavy atom. The lowest BCUT2D eigenvalue weighted by atomic mass is 9.98. The lowest BCUT2D eigenvalue weighted by Crippen LogP contribution is -2.04. The molecule has 14 heavy (non-hydrogen) atoms. The van der Waals surface area contributed by atoms with E-state index < -0.39 is 11.6 Å². The van der Waals surface area contributed by atoms with E-state index >= 15 is 0 Å². The maximum Gasteiger partial charge on any atom is 0.131 e. The molecule has 0 aromatic heterocycles. The summed E-state index contributed by atoms with van der Waals surface area (Å²) in [6.45, 7) is 3.97. The second-order valence-electron chi connectivity index (χ2n) is 3.68. The third-order valence-corrected chi connectivity index (χ3v) is 2.41. The van der Waals surface area contributed by atoms with E-state index in [2.05, 4.69) is 0 Å². The molecule has 0 spiro atoms. The molecular formula is C11H15F2N. The van der Waals surface area contributed by atoms with Crippen molar-refractivity contribution in [2.45, 2.75) is 26.7 Å². The van der Waals surface area contributed by atoms with Crippen molar-refractivity contribution >= 4 is 5.69 Å². The summed E-state index contributed by atoms with van der Waals surface area (Å²) in [6, 6.07) is 2.33. The minimum Gasteiger partial charge on any atom is -0.399 e. The molecule has 1 aromatic rings. The molecule has 0 saturated carbocycles. The standard InChI is InChI=1S/C11H15F2N/c1-3-7(2)4-9-10(12)5-8(14)6-11(9)13/h5-7H,3-4,14H2,1-2H3. The molecule has 78 valence electrons. The molecule has 1 nitrogen and oxygen atoms in total. The van der Waals surface area contributed by atoms with Crippen molar-refractivity contribution < 1.29 is 8.78 Å². The zero-order chi connectivity index (χ0) is 10.7. The zero-order valence-corrected chi connectivity index (χ0v) is 8.48. The first-order chi connectivity index (χ1) is 6.54. The fraction of sp³-hybridized carbons (Fsp3) is 0.455. The monoisotopic (exact) mass is 199 g/mol. The fourth-order valence-corrected chi connectivity index (χ4v) is 1.31. The van der Waals surface area contributed by atoms with E-state index in [4.69, 9.17) is 5.73 Å². The Morgan fingerprint density at radius 2 is 1.79 bits per heavy atom. The first-order valence-electron chi connectivity index (χ1n) is 4.78. The van der Waals surface area contributed by atoms with Gasteiger partial charge >= 0.3 is 0 Å². The van der Waals surface area contributed by atoms with Crippen molar-refractivity contribution in [1.82, 2.24) is 0 Å². The van der Waals surface area contributed by atoms with Gasteiger partial charge in [0.05, 0.1) is 0 Å². The summed E-state index contributed by atoms with van der Waals surface area (Å²) in [4.78, 5) is 0. The number of rotatable bonds is 3. The van der Waals surface area contributed by atoms with Crippen molar-refractivity contribution in [1.29, 1.82) is 0 Å². The molecule has 0 fully saturated rings. The van der Waals surface area contributed by atoms with E-state index in [0.717, 1.165) is 6.42 Å². The summed E-state index contributed by atoms with van der Waals surface area (Å²) in [7, 11) is 0. The molecule has 0 radical (unpaired) electrons. The highest BCUT2D eigenvalue weighted by atomic mass is 19.1. The minimum atomic E-state index is -0.539. The Balaban J connectivity index is 2.96. The number of anilines is 1. The Bertz CT molecular complexity index is 300. The van der Waals surface area contributed by atoms with Gasteiger partial charge in [0.15, 0.2) is 0 Å². The second-order valence-corrected chi connectivity index (χ2v) is 3.68. The molecule has 1 rings (SSSR count). The highest BCUT2D eigenvalue weighted by Crippen LogP contribution is 2.20. The molecule has 0 heterocycles. The highest BCUT2D eigenvalue weighted by molar-refractivity contribution is 5.41. The molecule has 1 unspecified atom stereocenters. The summed E-state index contributed by atoms with van der Waals surface area (Å²) < 4.78 is 26.6. The molecule has 0 bridgehead atoms. The number of hydrogen-bond acceptors (Lipinski definition) is 1. The fourth-order valence-electron chi connectivity index (χ4n) is 1.31. The molecule has 2 N–H and O–H groups in total. The van der Waals surface area contributed by atoms with Gasteiger partial charge in [-0.2, -0.15) is 0 Å². The lowest BCUT2D eigenvalue weighted by Gasteiger charge is -2.10. The Labute approximate surface area is 82.9 Å². The first kappa shape index (κ1) is 11.0. The van der Waals surface area contributed by atoms with Gasteiger partial charge in [0.25, 0.3) is 0 Å². The topological polar surface area (TPSA) is 26.0 Å². The molecule has 0 aliphatic heterocycles. The van der Waals surface area contributed by atoms with Crippen LogP contribution in [-0.2, 0) is 6.42 Å². The van der Waals surface area contributed by atoms with Crippen LogP contribution in [0.4, 0.5) is 14.5 Å². The lowest BCUT2D eigenvalue weighted by molar-refractivity contribution is 0.499. The molecule has 0 aliphatic carbocycles. The maximum atomic E-state index is 13.3. The Kier molecular flexibility index (Phi) is 3.44. The Morgan fingerprint density at radius 3 is 2.21 bits per heavy atom. The largest absolute Gasteiger partial charge is 0.399 e. The average Bonchev–Trinajstić information content (AvgIpc) is 2.10. The van der Waals surface area contributed by atoms with Crippen LogP contribution >= 0.6 is 0 Å². The quantitative estimate of drug-likeness (QED) is 0.743. The van der Waals surface area contributed by atoms with Crippen LogP contribution in [0.15, 0.2) is 12.1 Å². The molecule has 0 saturated heterocycles. The predicted octanol–water partition coefficient (Wildman–Crippen LogP) is 3.14. The summed E-state index contributed by atoms with van der Waals surface area (Å²) in [6.07, 6.45) is 1.33. The van der Waals surface area contributed by atoms with Gasteiger partial charge in [-0.25, -0.2) is 8.78 Å². The minimum absolute atomic E-state index is 0.132. The van der Waals surface area contributed by atoms with Crippen molar-refractivity contribution in [3.05, 3.63) is 29.3 Å². The first-order valence-corrected chi connectivity index (χ1v) is 4.78. The van der Waals surface area contributed by atoms with E-state index in [-0.39, 0.29) is 17.2 Å². The summed E-state index contributed by atoms with van der Waals surface area (Å²) in [5.41, 5.74) is 5.59. The summed E-state index contributed by atoms with van der Waals surface area (Å²) in [5.74, 6) is -0.798. The van der Waals surface area contributed by atoms with Crippen LogP contribution in [0.1, 0.15) is 25.8 Å². The number of hydrogen-bond donors (Lipinski definition) is 1. The number of nitrogen functional groups attached to an aromatic ring is 1. The van der Waals surface area contributed by atoms with Crippen LogP contribution < -0.4 is 5.73 Å². The second kappa shape index (κ2) is 4.40. The van der Waals surface area contributed by atoms with E-state index in [9.17, 15) is 8.78 Å². The number of benzene rings is 1. The van der Waals surface area contributed by atoms with Gasteiger partial charge in [0, 0.05) is 11.3 Å². The molecule has 3 heteroatoms. The van der Waals surface area contributed by atoms with Crippen molar-refractivity contribution in [2.24, 2.45) is 5.92 Å². The van der Waals surface area contributed by atoms with Gasteiger partial charge in [0.1, 0.15) is 11.6 Å². The zero-order valence-electron chi connectivity index (χ0n) is 8.48. The summed E-state index contributed by atoms with van der Waals surface area (Å²) in [5, 5.41) is 0. The number of nitrogens with two attached hydrogens (primary N) is 1. The van der Waals surface area contributed by atoms with Gasteiger partial charge in [0.2, 0.25) is 0 Å². The maximum absolute atomic E-state index is 13.3. The average molecular weight is 199 g/mol. The van der Waals surface area contributed by atoms with E-state index in [1.807, 2.05) is 13.8 Å². The number of halogens is 2. The van der Waals surface area contributed by atoms with Gasteiger partial charge < -0.3 is 5.73 Å². The van der Waals surface area contributed by atoms with Crippen molar-refractivity contribution in [3.8, 4) is 0 Å². The van der Waals surface area contributed by atoms with E-state index in [0.29, 0.717) is 6.42 Å². The SMILES string of the molecule is CCC(C)Cc1c(F)cc(N)cc1F.